The van der Waals surface area contributed by atoms with Crippen molar-refractivity contribution in [3.05, 3.63) is 93.5 Å². The lowest BCUT2D eigenvalue weighted by Crippen LogP contribution is -2.52. The van der Waals surface area contributed by atoms with Crippen LogP contribution in [0, 0.1) is 13.8 Å². The fraction of sp³-hybridized carbons (Fsp3) is 0.355. The van der Waals surface area contributed by atoms with Crippen molar-refractivity contribution in [1.29, 1.82) is 0 Å². The summed E-state index contributed by atoms with van der Waals surface area (Å²) in [6.45, 7) is 4.78. The molecule has 10 heteroatoms. The van der Waals surface area contributed by atoms with Crippen LogP contribution in [0.4, 0.5) is 5.69 Å². The van der Waals surface area contributed by atoms with Gasteiger partial charge in [-0.15, -0.1) is 0 Å². The Labute approximate surface area is 252 Å². The van der Waals surface area contributed by atoms with Gasteiger partial charge >= 0.3 is 0 Å². The molecule has 3 aromatic carbocycles. The number of halogens is 2. The number of amides is 2. The lowest BCUT2D eigenvalue weighted by Gasteiger charge is -2.33. The van der Waals surface area contributed by atoms with E-state index in [2.05, 4.69) is 5.32 Å². The normalized spacial score (nSPS) is 14.5. The molecule has 4 rings (SSSR count). The first-order valence-electron chi connectivity index (χ1n) is 13.7. The zero-order chi connectivity index (χ0) is 29.7. The minimum Gasteiger partial charge on any atom is -0.352 e. The summed E-state index contributed by atoms with van der Waals surface area (Å²) in [5.41, 5.74) is 2.47. The van der Waals surface area contributed by atoms with Gasteiger partial charge in [0.15, 0.2) is 0 Å². The van der Waals surface area contributed by atoms with Crippen LogP contribution in [0.2, 0.25) is 10.0 Å². The first kappa shape index (κ1) is 30.9. The molecule has 1 atom stereocenters. The van der Waals surface area contributed by atoms with Gasteiger partial charge in [-0.2, -0.15) is 0 Å². The van der Waals surface area contributed by atoms with Crippen molar-refractivity contribution in [2.75, 3.05) is 10.8 Å². The van der Waals surface area contributed by atoms with E-state index >= 15 is 0 Å². The van der Waals surface area contributed by atoms with Crippen LogP contribution < -0.4 is 9.62 Å². The van der Waals surface area contributed by atoms with Crippen molar-refractivity contribution in [2.45, 2.75) is 70.0 Å². The molecule has 218 valence electrons. The van der Waals surface area contributed by atoms with Crippen LogP contribution in [-0.2, 0) is 26.2 Å². The fourth-order valence-electron chi connectivity index (χ4n) is 5.03. The van der Waals surface area contributed by atoms with Crippen LogP contribution in [-0.4, -0.2) is 43.8 Å². The predicted octanol–water partition coefficient (Wildman–Crippen LogP) is 6.28. The van der Waals surface area contributed by atoms with Crippen LogP contribution in [0.1, 0.15) is 49.3 Å². The number of hydrogen-bond donors (Lipinski definition) is 1. The summed E-state index contributed by atoms with van der Waals surface area (Å²) in [7, 11) is -4.16. The maximum atomic E-state index is 14.1. The van der Waals surface area contributed by atoms with Crippen molar-refractivity contribution in [3.63, 3.8) is 0 Å². The molecule has 0 spiro atoms. The molecule has 0 aliphatic heterocycles. The minimum absolute atomic E-state index is 0.0375. The summed E-state index contributed by atoms with van der Waals surface area (Å²) in [5, 5.41) is 3.96. The van der Waals surface area contributed by atoms with Gasteiger partial charge in [0, 0.05) is 22.6 Å². The Kier molecular flexibility index (Phi) is 10.00. The van der Waals surface area contributed by atoms with E-state index in [-0.39, 0.29) is 23.4 Å². The van der Waals surface area contributed by atoms with E-state index in [4.69, 9.17) is 23.2 Å². The average Bonchev–Trinajstić information content (AvgIpc) is 3.44. The van der Waals surface area contributed by atoms with Gasteiger partial charge in [-0.25, -0.2) is 8.42 Å². The molecular formula is C31H35Cl2N3O4S. The maximum absolute atomic E-state index is 14.1. The molecule has 3 aromatic rings. The molecule has 1 aliphatic carbocycles. The second-order valence-corrected chi connectivity index (χ2v) is 13.2. The molecule has 7 nitrogen and oxygen atoms in total. The van der Waals surface area contributed by atoms with Gasteiger partial charge in [0.2, 0.25) is 11.8 Å². The molecular weight excluding hydrogens is 581 g/mol. The second-order valence-electron chi connectivity index (χ2n) is 10.5. The number of aryl methyl sites for hydroxylation is 2. The molecule has 0 aromatic heterocycles. The zero-order valence-corrected chi connectivity index (χ0v) is 25.8. The standard InChI is InChI=1S/C31H35Cl2N3O4S/c1-21-12-15-27(16-13-21)41(39,40)36(29-17-14-25(32)18-22(29)2)20-30(37)35(19-24-8-4-7-11-28(24)33)23(3)31(38)34-26-9-5-6-10-26/h4,7-8,11-18,23,26H,5-6,9-10,19-20H2,1-3H3,(H,34,38)/t23-/m0/s1. The molecule has 41 heavy (non-hydrogen) atoms. The smallest absolute Gasteiger partial charge is 0.264 e. The highest BCUT2D eigenvalue weighted by Gasteiger charge is 2.34. The number of nitrogens with zero attached hydrogens (tertiary/aromatic N) is 2. The Morgan fingerprint density at radius 1 is 0.976 bits per heavy atom. The molecule has 2 amide bonds. The average molecular weight is 617 g/mol. The lowest BCUT2D eigenvalue weighted by molar-refractivity contribution is -0.139. The van der Waals surface area contributed by atoms with Crippen molar-refractivity contribution >= 4 is 50.7 Å². The third-order valence-electron chi connectivity index (χ3n) is 7.48. The summed E-state index contributed by atoms with van der Waals surface area (Å²) in [4.78, 5) is 28.9. The van der Waals surface area contributed by atoms with Gasteiger partial charge < -0.3 is 10.2 Å². The highest BCUT2D eigenvalue weighted by Crippen LogP contribution is 2.30. The molecule has 0 heterocycles. The Morgan fingerprint density at radius 3 is 2.27 bits per heavy atom. The van der Waals surface area contributed by atoms with E-state index in [1.807, 2.05) is 6.92 Å². The third kappa shape index (κ3) is 7.42. The van der Waals surface area contributed by atoms with Crippen LogP contribution in [0.15, 0.2) is 71.6 Å². The van der Waals surface area contributed by atoms with Crippen LogP contribution in [0.25, 0.3) is 0 Å². The van der Waals surface area contributed by atoms with E-state index in [9.17, 15) is 18.0 Å². The Bertz CT molecular complexity index is 1510. The quantitative estimate of drug-likeness (QED) is 0.291. The second kappa shape index (κ2) is 13.3. The molecule has 1 fully saturated rings. The largest absolute Gasteiger partial charge is 0.352 e. The number of hydrogen-bond acceptors (Lipinski definition) is 4. The lowest BCUT2D eigenvalue weighted by atomic mass is 10.1. The van der Waals surface area contributed by atoms with Crippen molar-refractivity contribution in [2.24, 2.45) is 0 Å². The van der Waals surface area contributed by atoms with E-state index in [0.717, 1.165) is 35.6 Å². The van der Waals surface area contributed by atoms with Gasteiger partial charge in [-0.3, -0.25) is 13.9 Å². The predicted molar refractivity (Wildman–Crippen MR) is 164 cm³/mol. The van der Waals surface area contributed by atoms with Gasteiger partial charge in [-0.05, 0) is 81.1 Å². The third-order valence-corrected chi connectivity index (χ3v) is 9.86. The molecule has 1 aliphatic rings. The number of carbonyl (C=O) groups excluding carboxylic acids is 2. The fourth-order valence-corrected chi connectivity index (χ4v) is 6.94. The van der Waals surface area contributed by atoms with Crippen molar-refractivity contribution < 1.29 is 18.0 Å². The number of anilines is 1. The van der Waals surface area contributed by atoms with E-state index in [1.54, 1.807) is 68.4 Å². The highest BCUT2D eigenvalue weighted by molar-refractivity contribution is 7.92. The Morgan fingerprint density at radius 2 is 1.63 bits per heavy atom. The molecule has 0 unspecified atom stereocenters. The number of benzene rings is 3. The minimum atomic E-state index is -4.16. The summed E-state index contributed by atoms with van der Waals surface area (Å²) in [6.07, 6.45) is 3.90. The van der Waals surface area contributed by atoms with Gasteiger partial charge in [0.25, 0.3) is 10.0 Å². The van der Waals surface area contributed by atoms with E-state index in [1.165, 1.54) is 17.0 Å². The zero-order valence-electron chi connectivity index (χ0n) is 23.4. The SMILES string of the molecule is Cc1ccc(S(=O)(=O)N(CC(=O)N(Cc2ccccc2Cl)[C@@H](C)C(=O)NC2CCCC2)c2ccc(Cl)cc2C)cc1. The monoisotopic (exact) mass is 615 g/mol. The maximum Gasteiger partial charge on any atom is 0.264 e. The number of carbonyl (C=O) groups is 2. The summed E-state index contributed by atoms with van der Waals surface area (Å²) < 4.78 is 29.1. The first-order chi connectivity index (χ1) is 19.5. The molecule has 1 saturated carbocycles. The van der Waals surface area contributed by atoms with E-state index < -0.39 is 28.5 Å². The number of nitrogens with one attached hydrogen (secondary N) is 1. The van der Waals surface area contributed by atoms with E-state index in [0.29, 0.717) is 26.9 Å². The molecule has 1 N–H and O–H groups in total. The van der Waals surface area contributed by atoms with Crippen LogP contribution in [0.5, 0.6) is 0 Å². The first-order valence-corrected chi connectivity index (χ1v) is 15.9. The molecule has 0 bridgehead atoms. The summed E-state index contributed by atoms with van der Waals surface area (Å²) in [6, 6.07) is 17.6. The topological polar surface area (TPSA) is 86.8 Å². The van der Waals surface area contributed by atoms with Crippen LogP contribution >= 0.6 is 23.2 Å². The molecule has 0 saturated heterocycles. The van der Waals surface area contributed by atoms with Crippen molar-refractivity contribution in [1.82, 2.24) is 10.2 Å². The molecule has 0 radical (unpaired) electrons. The Balaban J connectivity index is 1.72. The van der Waals surface area contributed by atoms with Gasteiger partial charge in [0.05, 0.1) is 10.6 Å². The Hall–Kier alpha value is -3.07. The summed E-state index contributed by atoms with van der Waals surface area (Å²) in [5.74, 6) is -0.822. The highest BCUT2D eigenvalue weighted by atomic mass is 35.5. The number of rotatable bonds is 10. The van der Waals surface area contributed by atoms with Crippen molar-refractivity contribution in [3.8, 4) is 0 Å². The number of sulfonamides is 1. The van der Waals surface area contributed by atoms with Gasteiger partial charge in [0.1, 0.15) is 12.6 Å². The summed E-state index contributed by atoms with van der Waals surface area (Å²) >= 11 is 12.6. The van der Waals surface area contributed by atoms with Gasteiger partial charge in [-0.1, -0.05) is 71.9 Å². The van der Waals surface area contributed by atoms with Crippen LogP contribution in [0.3, 0.4) is 0 Å².